The highest BCUT2D eigenvalue weighted by molar-refractivity contribution is 4.80. The lowest BCUT2D eigenvalue weighted by atomic mass is 9.84. The van der Waals surface area contributed by atoms with Crippen LogP contribution < -0.4 is 0 Å². The number of likely N-dealkylation sites (N-methyl/N-ethyl adjacent to an activating group) is 1. The van der Waals surface area contributed by atoms with E-state index in [1.54, 1.807) is 0 Å². The van der Waals surface area contributed by atoms with E-state index in [0.29, 0.717) is 6.61 Å². The highest BCUT2D eigenvalue weighted by atomic mass is 16.3. The van der Waals surface area contributed by atoms with Crippen LogP contribution in [0.15, 0.2) is 0 Å². The molecule has 16 heavy (non-hydrogen) atoms. The zero-order chi connectivity index (χ0) is 11.8. The first-order chi connectivity index (χ1) is 7.83. The highest BCUT2D eigenvalue weighted by Crippen LogP contribution is 2.28. The molecule has 0 aromatic rings. The van der Waals surface area contributed by atoms with Gasteiger partial charge in [-0.25, -0.2) is 0 Å². The molecule has 1 aliphatic carbocycles. The predicted octanol–water partition coefficient (Wildman–Crippen LogP) is 3.05. The molecule has 1 rings (SSSR count). The first kappa shape index (κ1) is 14.0. The molecule has 0 aromatic carbocycles. The molecule has 2 nitrogen and oxygen atoms in total. The SMILES string of the molecule is CCC1CCCCCCC1N(CC)CCO. The molecule has 1 fully saturated rings. The van der Waals surface area contributed by atoms with Crippen molar-refractivity contribution in [2.45, 2.75) is 64.8 Å². The number of nitrogens with zero attached hydrogens (tertiary/aromatic N) is 1. The van der Waals surface area contributed by atoms with Gasteiger partial charge in [0.25, 0.3) is 0 Å². The lowest BCUT2D eigenvalue weighted by Crippen LogP contribution is -2.42. The molecular weight excluding hydrogens is 198 g/mol. The fourth-order valence-corrected chi connectivity index (χ4v) is 3.19. The fraction of sp³-hybridized carbons (Fsp3) is 1.00. The van der Waals surface area contributed by atoms with Crippen LogP contribution in [0.4, 0.5) is 0 Å². The van der Waals surface area contributed by atoms with Crippen molar-refractivity contribution in [3.05, 3.63) is 0 Å². The average molecular weight is 227 g/mol. The Balaban J connectivity index is 2.60. The van der Waals surface area contributed by atoms with Crippen molar-refractivity contribution >= 4 is 0 Å². The molecule has 1 N–H and O–H groups in total. The Bertz CT molecular complexity index is 166. The van der Waals surface area contributed by atoms with Crippen LogP contribution in [0, 0.1) is 5.92 Å². The minimum absolute atomic E-state index is 0.306. The lowest BCUT2D eigenvalue weighted by Gasteiger charge is -2.37. The van der Waals surface area contributed by atoms with Gasteiger partial charge < -0.3 is 5.11 Å². The van der Waals surface area contributed by atoms with Crippen LogP contribution in [0.2, 0.25) is 0 Å². The highest BCUT2D eigenvalue weighted by Gasteiger charge is 2.25. The van der Waals surface area contributed by atoms with E-state index in [-0.39, 0.29) is 0 Å². The van der Waals surface area contributed by atoms with Gasteiger partial charge in [-0.15, -0.1) is 0 Å². The second-order valence-electron chi connectivity index (χ2n) is 5.08. The monoisotopic (exact) mass is 227 g/mol. The summed E-state index contributed by atoms with van der Waals surface area (Å²) in [6.07, 6.45) is 9.65. The maximum atomic E-state index is 9.14. The van der Waals surface area contributed by atoms with Crippen molar-refractivity contribution in [2.24, 2.45) is 5.92 Å². The van der Waals surface area contributed by atoms with Crippen LogP contribution in [0.5, 0.6) is 0 Å². The number of hydrogen-bond donors (Lipinski definition) is 1. The zero-order valence-corrected chi connectivity index (χ0v) is 11.1. The van der Waals surface area contributed by atoms with Gasteiger partial charge in [0, 0.05) is 12.6 Å². The van der Waals surface area contributed by atoms with E-state index >= 15 is 0 Å². The molecule has 2 unspecified atom stereocenters. The van der Waals surface area contributed by atoms with Crippen molar-refractivity contribution in [1.82, 2.24) is 4.90 Å². The average Bonchev–Trinajstić information content (AvgIpc) is 2.27. The van der Waals surface area contributed by atoms with Crippen molar-refractivity contribution < 1.29 is 5.11 Å². The third-order valence-corrected chi connectivity index (χ3v) is 4.16. The first-order valence-electron chi connectivity index (χ1n) is 7.18. The third kappa shape index (κ3) is 4.06. The van der Waals surface area contributed by atoms with Crippen LogP contribution in [0.25, 0.3) is 0 Å². The van der Waals surface area contributed by atoms with Crippen LogP contribution >= 0.6 is 0 Å². The third-order valence-electron chi connectivity index (χ3n) is 4.16. The molecule has 2 heteroatoms. The van der Waals surface area contributed by atoms with Gasteiger partial charge >= 0.3 is 0 Å². The van der Waals surface area contributed by atoms with Gasteiger partial charge in [0.1, 0.15) is 0 Å². The van der Waals surface area contributed by atoms with Gasteiger partial charge in [-0.2, -0.15) is 0 Å². The first-order valence-corrected chi connectivity index (χ1v) is 7.18. The molecule has 0 aromatic heterocycles. The van der Waals surface area contributed by atoms with E-state index in [1.165, 1.54) is 44.9 Å². The van der Waals surface area contributed by atoms with Gasteiger partial charge in [-0.3, -0.25) is 4.90 Å². The van der Waals surface area contributed by atoms with Gasteiger partial charge in [0.15, 0.2) is 0 Å². The molecule has 1 aliphatic rings. The molecule has 0 heterocycles. The smallest absolute Gasteiger partial charge is 0.0558 e. The van der Waals surface area contributed by atoms with Gasteiger partial charge in [0.05, 0.1) is 6.61 Å². The molecule has 0 radical (unpaired) electrons. The van der Waals surface area contributed by atoms with Gasteiger partial charge in [-0.1, -0.05) is 46.0 Å². The van der Waals surface area contributed by atoms with Crippen LogP contribution in [0.1, 0.15) is 58.8 Å². The van der Waals surface area contributed by atoms with E-state index in [1.807, 2.05) is 0 Å². The molecular formula is C14H29NO. The molecule has 1 saturated carbocycles. The summed E-state index contributed by atoms with van der Waals surface area (Å²) < 4.78 is 0. The molecule has 96 valence electrons. The van der Waals surface area contributed by atoms with E-state index in [2.05, 4.69) is 18.7 Å². The minimum Gasteiger partial charge on any atom is -0.395 e. The van der Waals surface area contributed by atoms with E-state index in [9.17, 15) is 0 Å². The molecule has 0 spiro atoms. The molecule has 0 aliphatic heterocycles. The summed E-state index contributed by atoms with van der Waals surface area (Å²) in [6.45, 7) is 6.80. The summed E-state index contributed by atoms with van der Waals surface area (Å²) >= 11 is 0. The van der Waals surface area contributed by atoms with Crippen LogP contribution in [-0.2, 0) is 0 Å². The predicted molar refractivity (Wildman–Crippen MR) is 69.6 cm³/mol. The standard InChI is InChI=1S/C14H29NO/c1-3-13-9-7-5-6-8-10-14(13)15(4-2)11-12-16/h13-14,16H,3-12H2,1-2H3. The number of hydrogen-bond acceptors (Lipinski definition) is 2. The molecule has 2 atom stereocenters. The Hall–Kier alpha value is -0.0800. The van der Waals surface area contributed by atoms with Gasteiger partial charge in [-0.05, 0) is 25.3 Å². The van der Waals surface area contributed by atoms with Crippen molar-refractivity contribution in [3.63, 3.8) is 0 Å². The Morgan fingerprint density at radius 1 is 1.06 bits per heavy atom. The summed E-state index contributed by atoms with van der Waals surface area (Å²) in [4.78, 5) is 2.50. The van der Waals surface area contributed by atoms with Crippen LogP contribution in [-0.4, -0.2) is 35.7 Å². The van der Waals surface area contributed by atoms with E-state index in [0.717, 1.165) is 25.0 Å². The second kappa shape index (κ2) is 8.08. The Labute approximate surface area is 101 Å². The molecule has 0 amide bonds. The maximum absolute atomic E-state index is 9.14. The van der Waals surface area contributed by atoms with Crippen molar-refractivity contribution in [3.8, 4) is 0 Å². The number of aliphatic hydroxyl groups excluding tert-OH is 1. The minimum atomic E-state index is 0.306. The molecule has 0 saturated heterocycles. The summed E-state index contributed by atoms with van der Waals surface area (Å²) in [5, 5.41) is 9.14. The summed E-state index contributed by atoms with van der Waals surface area (Å²) in [5.74, 6) is 0.854. The van der Waals surface area contributed by atoms with Crippen molar-refractivity contribution in [2.75, 3.05) is 19.7 Å². The Kier molecular flexibility index (Phi) is 7.06. The normalized spacial score (nSPS) is 27.8. The second-order valence-corrected chi connectivity index (χ2v) is 5.08. The quantitative estimate of drug-likeness (QED) is 0.780. The lowest BCUT2D eigenvalue weighted by molar-refractivity contribution is 0.0969. The zero-order valence-electron chi connectivity index (χ0n) is 11.1. The van der Waals surface area contributed by atoms with E-state index < -0.39 is 0 Å². The maximum Gasteiger partial charge on any atom is 0.0558 e. The van der Waals surface area contributed by atoms with Gasteiger partial charge in [0.2, 0.25) is 0 Å². The molecule has 0 bridgehead atoms. The summed E-state index contributed by atoms with van der Waals surface area (Å²) in [6, 6.07) is 0.724. The summed E-state index contributed by atoms with van der Waals surface area (Å²) in [7, 11) is 0. The number of aliphatic hydroxyl groups is 1. The Morgan fingerprint density at radius 2 is 1.75 bits per heavy atom. The summed E-state index contributed by atoms with van der Waals surface area (Å²) in [5.41, 5.74) is 0. The Morgan fingerprint density at radius 3 is 2.31 bits per heavy atom. The largest absolute Gasteiger partial charge is 0.395 e. The van der Waals surface area contributed by atoms with E-state index in [4.69, 9.17) is 5.11 Å². The fourth-order valence-electron chi connectivity index (χ4n) is 3.19. The van der Waals surface area contributed by atoms with Crippen molar-refractivity contribution in [1.29, 1.82) is 0 Å². The number of rotatable bonds is 5. The topological polar surface area (TPSA) is 23.5 Å². The van der Waals surface area contributed by atoms with Crippen LogP contribution in [0.3, 0.4) is 0 Å².